The zero-order valence-electron chi connectivity index (χ0n) is 12.0. The zero-order chi connectivity index (χ0) is 15.8. The molecule has 0 bridgehead atoms. The first-order valence-electron chi connectivity index (χ1n) is 6.02. The third-order valence-corrected chi connectivity index (χ3v) is 5.76. The van der Waals surface area contributed by atoms with Gasteiger partial charge in [0, 0.05) is 13.8 Å². The summed E-state index contributed by atoms with van der Waals surface area (Å²) in [5, 5.41) is 0. The molecule has 0 spiro atoms. The zero-order valence-corrected chi connectivity index (χ0v) is 13.8. The number of carbonyl (C=O) groups excluding carboxylic acids is 2. The predicted molar refractivity (Wildman–Crippen MR) is 71.7 cm³/mol. The van der Waals surface area contributed by atoms with Crippen LogP contribution in [0.15, 0.2) is 0 Å². The lowest BCUT2D eigenvalue weighted by Crippen LogP contribution is -2.10. The Hall–Kier alpha value is -0.360. The van der Waals surface area contributed by atoms with Gasteiger partial charge in [0.2, 0.25) is 11.0 Å². The lowest BCUT2D eigenvalue weighted by atomic mass is 10.8. The molecule has 0 N–H and O–H groups in total. The van der Waals surface area contributed by atoms with Crippen LogP contribution in [0.25, 0.3) is 0 Å². The summed E-state index contributed by atoms with van der Waals surface area (Å²) in [7, 11) is -7.69. The van der Waals surface area contributed by atoms with Crippen molar-refractivity contribution in [3.05, 3.63) is 0 Å². The van der Waals surface area contributed by atoms with Gasteiger partial charge >= 0.3 is 15.2 Å². The van der Waals surface area contributed by atoms with Crippen molar-refractivity contribution >= 4 is 26.2 Å². The smallest absolute Gasteiger partial charge is 0.303 e. The lowest BCUT2D eigenvalue weighted by molar-refractivity contribution is -0.113. The molecule has 118 valence electrons. The topological polar surface area (TPSA) is 105 Å². The maximum Gasteiger partial charge on any atom is 0.396 e. The van der Waals surface area contributed by atoms with E-state index < -0.39 is 26.2 Å². The molecule has 0 aliphatic carbocycles. The molecule has 0 radical (unpaired) electrons. The highest BCUT2D eigenvalue weighted by Crippen LogP contribution is 2.50. The monoisotopic (exact) mass is 330 g/mol. The Kier molecular flexibility index (Phi) is 8.66. The Bertz CT molecular complexity index is 393. The summed E-state index contributed by atoms with van der Waals surface area (Å²) in [6, 6.07) is 0. The quantitative estimate of drug-likeness (QED) is 0.420. The largest absolute Gasteiger partial charge is 0.396 e. The van der Waals surface area contributed by atoms with E-state index in [4.69, 9.17) is 18.1 Å². The Morgan fingerprint density at radius 3 is 1.25 bits per heavy atom. The molecule has 0 amide bonds. The molecule has 0 aliphatic rings. The Labute approximate surface area is 118 Å². The van der Waals surface area contributed by atoms with E-state index in [1.165, 1.54) is 0 Å². The van der Waals surface area contributed by atoms with Gasteiger partial charge in [-0.05, 0) is 13.8 Å². The summed E-state index contributed by atoms with van der Waals surface area (Å²) in [6.45, 7) is 4.74. The van der Waals surface area contributed by atoms with Crippen LogP contribution in [0.2, 0.25) is 0 Å². The fourth-order valence-electron chi connectivity index (χ4n) is 1.09. The fraction of sp³-hybridized carbons (Fsp3) is 0.800. The van der Waals surface area contributed by atoms with E-state index in [0.717, 1.165) is 13.8 Å². The van der Waals surface area contributed by atoms with E-state index in [9.17, 15) is 18.7 Å². The van der Waals surface area contributed by atoms with Gasteiger partial charge in [0.1, 0.15) is 0 Å². The summed E-state index contributed by atoms with van der Waals surface area (Å²) < 4.78 is 43.0. The second kappa shape index (κ2) is 8.82. The molecule has 10 heteroatoms. The van der Waals surface area contributed by atoms with Gasteiger partial charge in [0.05, 0.1) is 26.4 Å². The van der Waals surface area contributed by atoms with Crippen molar-refractivity contribution in [2.24, 2.45) is 0 Å². The molecular weight excluding hydrogens is 310 g/mol. The molecule has 0 saturated heterocycles. The van der Waals surface area contributed by atoms with Crippen LogP contribution in [0, 0.1) is 0 Å². The summed E-state index contributed by atoms with van der Waals surface area (Å²) in [4.78, 5) is 22.3. The van der Waals surface area contributed by atoms with Gasteiger partial charge in [0.15, 0.2) is 0 Å². The summed E-state index contributed by atoms with van der Waals surface area (Å²) in [6.07, 6.45) is 0. The highest BCUT2D eigenvalue weighted by Gasteiger charge is 2.33. The maximum absolute atomic E-state index is 11.9. The van der Waals surface area contributed by atoms with Crippen LogP contribution in [0.4, 0.5) is 0 Å². The van der Waals surface area contributed by atoms with Gasteiger partial charge in [-0.2, -0.15) is 0 Å². The standard InChI is InChI=1S/C10H20O8P2/c1-5-15-19(13,9(3)11)17-7-8-18-20(14,10(4)12)16-6-2/h5-8H2,1-4H3. The molecule has 8 nitrogen and oxygen atoms in total. The van der Waals surface area contributed by atoms with Crippen LogP contribution >= 0.6 is 15.2 Å². The first kappa shape index (κ1) is 19.6. The van der Waals surface area contributed by atoms with Gasteiger partial charge in [-0.3, -0.25) is 18.7 Å². The van der Waals surface area contributed by atoms with Gasteiger partial charge in [-0.1, -0.05) is 0 Å². The Morgan fingerprint density at radius 2 is 1.05 bits per heavy atom. The van der Waals surface area contributed by atoms with E-state index in [0.29, 0.717) is 0 Å². The maximum atomic E-state index is 11.9. The third-order valence-electron chi connectivity index (χ3n) is 1.98. The molecule has 0 rings (SSSR count). The van der Waals surface area contributed by atoms with Gasteiger partial charge < -0.3 is 18.1 Å². The van der Waals surface area contributed by atoms with Crippen molar-refractivity contribution in [1.29, 1.82) is 0 Å². The van der Waals surface area contributed by atoms with Crippen molar-refractivity contribution in [1.82, 2.24) is 0 Å². The molecule has 0 aromatic carbocycles. The third kappa shape index (κ3) is 5.95. The Morgan fingerprint density at radius 1 is 0.750 bits per heavy atom. The summed E-state index contributed by atoms with van der Waals surface area (Å²) >= 11 is 0. The number of carbonyl (C=O) groups is 2. The van der Waals surface area contributed by atoms with Crippen molar-refractivity contribution in [3.63, 3.8) is 0 Å². The minimum Gasteiger partial charge on any atom is -0.303 e. The number of hydrogen-bond donors (Lipinski definition) is 0. The SMILES string of the molecule is CCOP(=O)(OCCOP(=O)(OCC)C(C)=O)C(C)=O. The highest BCUT2D eigenvalue weighted by atomic mass is 31.2. The molecule has 2 unspecified atom stereocenters. The normalized spacial score (nSPS) is 17.2. The van der Waals surface area contributed by atoms with Crippen LogP contribution in [0.5, 0.6) is 0 Å². The molecule has 0 aliphatic heterocycles. The molecule has 20 heavy (non-hydrogen) atoms. The van der Waals surface area contributed by atoms with Crippen molar-refractivity contribution < 1.29 is 36.8 Å². The summed E-state index contributed by atoms with van der Waals surface area (Å²) in [5.74, 6) is 0. The molecule has 0 aromatic heterocycles. The van der Waals surface area contributed by atoms with E-state index >= 15 is 0 Å². The molecule has 0 saturated carbocycles. The van der Waals surface area contributed by atoms with Crippen LogP contribution in [-0.4, -0.2) is 37.5 Å². The van der Waals surface area contributed by atoms with Crippen molar-refractivity contribution in [3.8, 4) is 0 Å². The average molecular weight is 330 g/mol. The number of rotatable bonds is 11. The number of hydrogen-bond acceptors (Lipinski definition) is 8. The summed E-state index contributed by atoms with van der Waals surface area (Å²) in [5.41, 5.74) is -1.47. The second-order valence-corrected chi connectivity index (χ2v) is 7.82. The van der Waals surface area contributed by atoms with E-state index in [1.807, 2.05) is 0 Å². The minimum atomic E-state index is -3.85. The van der Waals surface area contributed by atoms with E-state index in [1.54, 1.807) is 13.8 Å². The van der Waals surface area contributed by atoms with Crippen LogP contribution in [0.3, 0.4) is 0 Å². The van der Waals surface area contributed by atoms with Gasteiger partial charge in [0.25, 0.3) is 0 Å². The highest BCUT2D eigenvalue weighted by molar-refractivity contribution is 7.72. The molecular formula is C10H20O8P2. The fourth-order valence-corrected chi connectivity index (χ4v) is 3.28. The van der Waals surface area contributed by atoms with E-state index in [2.05, 4.69) is 0 Å². The van der Waals surface area contributed by atoms with Crippen LogP contribution in [0.1, 0.15) is 27.7 Å². The first-order chi connectivity index (χ1) is 9.22. The molecule has 0 aromatic rings. The van der Waals surface area contributed by atoms with Gasteiger partial charge in [-0.15, -0.1) is 0 Å². The second-order valence-electron chi connectivity index (χ2n) is 3.53. The van der Waals surface area contributed by atoms with Crippen LogP contribution in [-0.2, 0) is 36.8 Å². The van der Waals surface area contributed by atoms with Gasteiger partial charge in [-0.25, -0.2) is 0 Å². The lowest BCUT2D eigenvalue weighted by Gasteiger charge is -2.17. The Balaban J connectivity index is 4.43. The average Bonchev–Trinajstić information content (AvgIpc) is 2.35. The predicted octanol–water partition coefficient (Wildman–Crippen LogP) is 2.57. The first-order valence-corrected chi connectivity index (χ1v) is 9.11. The van der Waals surface area contributed by atoms with Crippen LogP contribution < -0.4 is 0 Å². The van der Waals surface area contributed by atoms with Crippen molar-refractivity contribution in [2.45, 2.75) is 27.7 Å². The molecule has 2 atom stereocenters. The van der Waals surface area contributed by atoms with Crippen molar-refractivity contribution in [2.75, 3.05) is 26.4 Å². The molecule has 0 heterocycles. The minimum absolute atomic E-state index is 0.0442. The van der Waals surface area contributed by atoms with E-state index in [-0.39, 0.29) is 26.4 Å². The molecule has 0 fully saturated rings.